The predicted octanol–water partition coefficient (Wildman–Crippen LogP) is 2.79. The van der Waals surface area contributed by atoms with Crippen LogP contribution >= 0.6 is 0 Å². The number of benzene rings is 1. The smallest absolute Gasteiger partial charge is 0.182 e. The van der Waals surface area contributed by atoms with Crippen molar-refractivity contribution >= 4 is 5.69 Å². The Bertz CT molecular complexity index is 401. The van der Waals surface area contributed by atoms with Crippen LogP contribution in [0.1, 0.15) is 25.7 Å². The Hall–Kier alpha value is -1.23. The van der Waals surface area contributed by atoms with Crippen molar-refractivity contribution in [3.8, 4) is 0 Å². The molecule has 17 heavy (non-hydrogen) atoms. The fraction of sp³-hybridized carbons (Fsp3) is 0.500. The van der Waals surface area contributed by atoms with Gasteiger partial charge in [0.05, 0.1) is 5.69 Å². The maximum Gasteiger partial charge on any atom is 0.182 e. The molecule has 3 N–H and O–H groups in total. The Morgan fingerprint density at radius 3 is 2.35 bits per heavy atom. The summed E-state index contributed by atoms with van der Waals surface area (Å²) in [6.07, 6.45) is 3.27. The minimum Gasteiger partial charge on any atom is -0.380 e. The van der Waals surface area contributed by atoms with Gasteiger partial charge in [0, 0.05) is 24.2 Å². The Morgan fingerprint density at radius 2 is 1.71 bits per heavy atom. The molecule has 0 heterocycles. The Labute approximate surface area is 98.0 Å². The van der Waals surface area contributed by atoms with E-state index in [4.69, 9.17) is 5.73 Å². The predicted molar refractivity (Wildman–Crippen MR) is 60.2 cm³/mol. The second-order valence-electron chi connectivity index (χ2n) is 4.51. The molecule has 0 atom stereocenters. The summed E-state index contributed by atoms with van der Waals surface area (Å²) in [6.45, 7) is 0. The van der Waals surface area contributed by atoms with E-state index in [1.165, 1.54) is 0 Å². The van der Waals surface area contributed by atoms with Crippen LogP contribution in [0.3, 0.4) is 0 Å². The molecule has 1 aliphatic rings. The summed E-state index contributed by atoms with van der Waals surface area (Å²) in [5, 5.41) is 2.84. The highest BCUT2D eigenvalue weighted by Gasteiger charge is 2.20. The third kappa shape index (κ3) is 2.91. The quantitative estimate of drug-likeness (QED) is 0.785. The molecule has 1 fully saturated rings. The molecule has 1 aromatic rings. The van der Waals surface area contributed by atoms with Crippen molar-refractivity contribution in [2.24, 2.45) is 5.73 Å². The van der Waals surface area contributed by atoms with Crippen LogP contribution in [0.4, 0.5) is 18.9 Å². The lowest BCUT2D eigenvalue weighted by molar-refractivity contribution is 0.408. The van der Waals surface area contributed by atoms with E-state index in [1.54, 1.807) is 0 Å². The van der Waals surface area contributed by atoms with E-state index in [9.17, 15) is 13.2 Å². The van der Waals surface area contributed by atoms with Gasteiger partial charge in [-0.05, 0) is 25.7 Å². The van der Waals surface area contributed by atoms with Gasteiger partial charge in [-0.15, -0.1) is 0 Å². The maximum atomic E-state index is 13.4. The van der Waals surface area contributed by atoms with Crippen molar-refractivity contribution in [2.75, 3.05) is 5.32 Å². The van der Waals surface area contributed by atoms with E-state index in [1.807, 2.05) is 0 Å². The first-order valence-corrected chi connectivity index (χ1v) is 5.73. The first kappa shape index (κ1) is 12.2. The van der Waals surface area contributed by atoms with Crippen LogP contribution in [-0.2, 0) is 0 Å². The average molecular weight is 244 g/mol. The standard InChI is InChI=1S/C12H15F3N2/c13-7-5-10(14)12(15)11(6-7)17-9-3-1-8(16)2-4-9/h5-6,8-9,17H,1-4,16H2. The van der Waals surface area contributed by atoms with Crippen molar-refractivity contribution in [1.29, 1.82) is 0 Å². The van der Waals surface area contributed by atoms with Gasteiger partial charge in [0.2, 0.25) is 0 Å². The Morgan fingerprint density at radius 1 is 1.06 bits per heavy atom. The summed E-state index contributed by atoms with van der Waals surface area (Å²) in [5.74, 6) is -2.97. The largest absolute Gasteiger partial charge is 0.380 e. The van der Waals surface area contributed by atoms with Crippen LogP contribution in [0.25, 0.3) is 0 Å². The summed E-state index contributed by atoms with van der Waals surface area (Å²) < 4.78 is 39.3. The number of rotatable bonds is 2. The van der Waals surface area contributed by atoms with Gasteiger partial charge in [0.1, 0.15) is 5.82 Å². The molecular formula is C12H15F3N2. The first-order chi connectivity index (χ1) is 8.06. The van der Waals surface area contributed by atoms with E-state index in [-0.39, 0.29) is 17.8 Å². The SMILES string of the molecule is NC1CCC(Nc2cc(F)cc(F)c2F)CC1. The summed E-state index contributed by atoms with van der Waals surface area (Å²) in [6, 6.07) is 1.73. The second-order valence-corrected chi connectivity index (χ2v) is 4.51. The van der Waals surface area contributed by atoms with Crippen LogP contribution in [0, 0.1) is 17.5 Å². The molecule has 5 heteroatoms. The van der Waals surface area contributed by atoms with E-state index in [0.29, 0.717) is 6.07 Å². The van der Waals surface area contributed by atoms with Gasteiger partial charge in [-0.1, -0.05) is 0 Å². The summed E-state index contributed by atoms with van der Waals surface area (Å²) in [4.78, 5) is 0. The highest BCUT2D eigenvalue weighted by atomic mass is 19.2. The van der Waals surface area contributed by atoms with Crippen LogP contribution in [-0.4, -0.2) is 12.1 Å². The van der Waals surface area contributed by atoms with Crippen LogP contribution in [0.15, 0.2) is 12.1 Å². The molecule has 0 radical (unpaired) electrons. The monoisotopic (exact) mass is 244 g/mol. The zero-order valence-corrected chi connectivity index (χ0v) is 9.35. The number of halogens is 3. The van der Waals surface area contributed by atoms with Gasteiger partial charge >= 0.3 is 0 Å². The summed E-state index contributed by atoms with van der Waals surface area (Å²) >= 11 is 0. The molecule has 0 unspecified atom stereocenters. The number of nitrogens with two attached hydrogens (primary N) is 1. The zero-order chi connectivity index (χ0) is 12.4. The number of nitrogens with one attached hydrogen (secondary N) is 1. The number of anilines is 1. The third-order valence-corrected chi connectivity index (χ3v) is 3.12. The van der Waals surface area contributed by atoms with Crippen molar-refractivity contribution in [2.45, 2.75) is 37.8 Å². The van der Waals surface area contributed by atoms with E-state index < -0.39 is 17.5 Å². The molecule has 0 saturated heterocycles. The Kier molecular flexibility index (Phi) is 3.57. The summed E-state index contributed by atoms with van der Waals surface area (Å²) in [5.41, 5.74) is 5.64. The second kappa shape index (κ2) is 4.96. The molecular weight excluding hydrogens is 229 g/mol. The molecule has 2 rings (SSSR count). The van der Waals surface area contributed by atoms with Gasteiger partial charge in [0.25, 0.3) is 0 Å². The van der Waals surface area contributed by atoms with Crippen molar-refractivity contribution < 1.29 is 13.2 Å². The number of hydrogen-bond acceptors (Lipinski definition) is 2. The molecule has 94 valence electrons. The van der Waals surface area contributed by atoms with Crippen LogP contribution < -0.4 is 11.1 Å². The van der Waals surface area contributed by atoms with E-state index >= 15 is 0 Å². The minimum absolute atomic E-state index is 0.0329. The molecule has 0 spiro atoms. The lowest BCUT2D eigenvalue weighted by Gasteiger charge is -2.27. The van der Waals surface area contributed by atoms with Crippen LogP contribution in [0.2, 0.25) is 0 Å². The third-order valence-electron chi connectivity index (χ3n) is 3.12. The molecule has 0 aromatic heterocycles. The number of hydrogen-bond donors (Lipinski definition) is 2. The lowest BCUT2D eigenvalue weighted by atomic mass is 9.91. The van der Waals surface area contributed by atoms with Crippen molar-refractivity contribution in [3.05, 3.63) is 29.6 Å². The zero-order valence-electron chi connectivity index (χ0n) is 9.35. The molecule has 0 aliphatic heterocycles. The topological polar surface area (TPSA) is 38.0 Å². The molecule has 1 saturated carbocycles. The van der Waals surface area contributed by atoms with Gasteiger partial charge in [0.15, 0.2) is 11.6 Å². The van der Waals surface area contributed by atoms with Gasteiger partial charge in [-0.25, -0.2) is 13.2 Å². The molecule has 0 bridgehead atoms. The molecule has 1 aromatic carbocycles. The van der Waals surface area contributed by atoms with Crippen molar-refractivity contribution in [1.82, 2.24) is 0 Å². The van der Waals surface area contributed by atoms with E-state index in [0.717, 1.165) is 31.7 Å². The minimum atomic E-state index is -1.17. The lowest BCUT2D eigenvalue weighted by Crippen LogP contribution is -2.33. The molecule has 2 nitrogen and oxygen atoms in total. The molecule has 1 aliphatic carbocycles. The van der Waals surface area contributed by atoms with E-state index in [2.05, 4.69) is 5.32 Å². The Balaban J connectivity index is 2.08. The fourth-order valence-corrected chi connectivity index (χ4v) is 2.14. The first-order valence-electron chi connectivity index (χ1n) is 5.73. The normalized spacial score (nSPS) is 24.7. The van der Waals surface area contributed by atoms with Gasteiger partial charge in [-0.2, -0.15) is 0 Å². The summed E-state index contributed by atoms with van der Waals surface area (Å²) in [7, 11) is 0. The van der Waals surface area contributed by atoms with Crippen molar-refractivity contribution in [3.63, 3.8) is 0 Å². The highest BCUT2D eigenvalue weighted by molar-refractivity contribution is 5.46. The van der Waals surface area contributed by atoms with Gasteiger partial charge < -0.3 is 11.1 Å². The van der Waals surface area contributed by atoms with Crippen LogP contribution in [0.5, 0.6) is 0 Å². The fourth-order valence-electron chi connectivity index (χ4n) is 2.14. The highest BCUT2D eigenvalue weighted by Crippen LogP contribution is 2.24. The maximum absolute atomic E-state index is 13.4. The van der Waals surface area contributed by atoms with Gasteiger partial charge in [-0.3, -0.25) is 0 Å². The average Bonchev–Trinajstić information content (AvgIpc) is 2.28. The molecule has 0 amide bonds.